The van der Waals surface area contributed by atoms with E-state index in [2.05, 4.69) is 29.2 Å². The molecule has 0 unspecified atom stereocenters. The van der Waals surface area contributed by atoms with Crippen LogP contribution in [0.2, 0.25) is 0 Å². The lowest BCUT2D eigenvalue weighted by Crippen LogP contribution is -2.68. The maximum Gasteiger partial charge on any atom is 0.226 e. The second kappa shape index (κ2) is 7.95. The van der Waals surface area contributed by atoms with Gasteiger partial charge in [0, 0.05) is 44.7 Å². The second-order valence-electron chi connectivity index (χ2n) is 8.13. The number of aliphatic hydroxyl groups excluding tert-OH is 1. The third kappa shape index (κ3) is 3.77. The number of likely N-dealkylation sites (N-methyl/N-ethyl adjacent to an activating group) is 1. The number of aromatic nitrogens is 1. The lowest BCUT2D eigenvalue weighted by atomic mass is 9.74. The quantitative estimate of drug-likeness (QED) is 0.817. The average molecular weight is 393 g/mol. The van der Waals surface area contributed by atoms with Gasteiger partial charge >= 0.3 is 0 Å². The smallest absolute Gasteiger partial charge is 0.226 e. The fourth-order valence-electron chi connectivity index (χ4n) is 4.30. The maximum absolute atomic E-state index is 12.8. The van der Waals surface area contributed by atoms with Crippen LogP contribution in [0.25, 0.3) is 11.1 Å². The molecule has 1 saturated heterocycles. The third-order valence-electron chi connectivity index (χ3n) is 6.20. The van der Waals surface area contributed by atoms with Gasteiger partial charge in [-0.05, 0) is 35.6 Å². The molecule has 2 amide bonds. The maximum atomic E-state index is 12.8. The van der Waals surface area contributed by atoms with Gasteiger partial charge < -0.3 is 14.9 Å². The van der Waals surface area contributed by atoms with Gasteiger partial charge in [-0.1, -0.05) is 30.3 Å². The molecule has 1 aliphatic heterocycles. The van der Waals surface area contributed by atoms with Crippen molar-refractivity contribution >= 4 is 11.8 Å². The Bertz CT molecular complexity index is 880. The molecular weight excluding hydrogens is 366 g/mol. The zero-order valence-electron chi connectivity index (χ0n) is 16.9. The molecule has 2 aromatic rings. The predicted octanol–water partition coefficient (Wildman–Crippen LogP) is 2.29. The highest BCUT2D eigenvalue weighted by molar-refractivity contribution is 5.83. The molecule has 1 aliphatic carbocycles. The molecule has 2 aliphatic rings. The summed E-state index contributed by atoms with van der Waals surface area (Å²) < 4.78 is 0. The summed E-state index contributed by atoms with van der Waals surface area (Å²) >= 11 is 0. The van der Waals surface area contributed by atoms with Crippen molar-refractivity contribution in [2.45, 2.75) is 37.8 Å². The SMILES string of the molecule is CC(=O)N(C)C[C@@H]1[C@H](c2ccc(-c3cccnc3)cc2)[C@H](CO)N1C(=O)C1CC1. The molecule has 3 atom stereocenters. The number of pyridine rings is 1. The molecule has 0 spiro atoms. The van der Waals surface area contributed by atoms with Gasteiger partial charge in [0.25, 0.3) is 0 Å². The predicted molar refractivity (Wildman–Crippen MR) is 110 cm³/mol. The Kier molecular flexibility index (Phi) is 5.37. The topological polar surface area (TPSA) is 73.7 Å². The van der Waals surface area contributed by atoms with Crippen LogP contribution >= 0.6 is 0 Å². The summed E-state index contributed by atoms with van der Waals surface area (Å²) in [6.07, 6.45) is 5.43. The molecule has 0 radical (unpaired) electrons. The molecule has 2 fully saturated rings. The molecule has 0 bridgehead atoms. The van der Waals surface area contributed by atoms with E-state index in [0.29, 0.717) is 6.54 Å². The number of amides is 2. The summed E-state index contributed by atoms with van der Waals surface area (Å²) in [5.74, 6) is 0.187. The van der Waals surface area contributed by atoms with Crippen LogP contribution in [0, 0.1) is 5.92 Å². The van der Waals surface area contributed by atoms with Gasteiger partial charge in [0.1, 0.15) is 0 Å². The highest BCUT2D eigenvalue weighted by atomic mass is 16.3. The molecule has 6 nitrogen and oxygen atoms in total. The Morgan fingerprint density at radius 3 is 2.41 bits per heavy atom. The van der Waals surface area contributed by atoms with Crippen LogP contribution in [-0.2, 0) is 9.59 Å². The summed E-state index contributed by atoms with van der Waals surface area (Å²) in [5, 5.41) is 10.1. The first-order chi connectivity index (χ1) is 14.0. The van der Waals surface area contributed by atoms with Gasteiger partial charge in [-0.25, -0.2) is 0 Å². The Hall–Kier alpha value is -2.73. The summed E-state index contributed by atoms with van der Waals surface area (Å²) in [5.41, 5.74) is 3.20. The van der Waals surface area contributed by atoms with Gasteiger partial charge in [0.2, 0.25) is 11.8 Å². The van der Waals surface area contributed by atoms with E-state index in [1.807, 2.05) is 23.2 Å². The highest BCUT2D eigenvalue weighted by Gasteiger charge is 2.53. The van der Waals surface area contributed by atoms with E-state index in [9.17, 15) is 14.7 Å². The number of likely N-dealkylation sites (tertiary alicyclic amines) is 1. The fraction of sp³-hybridized carbons (Fsp3) is 0.435. The summed E-state index contributed by atoms with van der Waals surface area (Å²) in [6.45, 7) is 1.93. The van der Waals surface area contributed by atoms with Crippen LogP contribution in [0.3, 0.4) is 0 Å². The van der Waals surface area contributed by atoms with Crippen molar-refractivity contribution in [3.05, 3.63) is 54.4 Å². The van der Waals surface area contributed by atoms with Crippen LogP contribution in [0.4, 0.5) is 0 Å². The van der Waals surface area contributed by atoms with E-state index in [1.165, 1.54) is 6.92 Å². The monoisotopic (exact) mass is 393 g/mol. The van der Waals surface area contributed by atoms with E-state index < -0.39 is 0 Å². The standard InChI is InChI=1S/C23H27N3O3/c1-15(28)25(2)13-20-22(21(14-27)26(20)23(29)18-9-10-18)17-7-5-16(6-8-17)19-4-3-11-24-12-19/h3-8,11-12,18,20-22,27H,9-10,13-14H2,1-2H3/t20-,21+,22+/m1/s1. The minimum atomic E-state index is -0.238. The second-order valence-corrected chi connectivity index (χ2v) is 8.13. The van der Waals surface area contributed by atoms with Gasteiger partial charge in [-0.15, -0.1) is 0 Å². The molecule has 2 heterocycles. The van der Waals surface area contributed by atoms with E-state index in [4.69, 9.17) is 0 Å². The van der Waals surface area contributed by atoms with Crippen molar-refractivity contribution in [2.24, 2.45) is 5.92 Å². The number of hydrogen-bond donors (Lipinski definition) is 1. The molecule has 6 heteroatoms. The molecule has 29 heavy (non-hydrogen) atoms. The molecule has 1 aromatic carbocycles. The number of carbonyl (C=O) groups is 2. The van der Waals surface area contributed by atoms with Crippen molar-refractivity contribution < 1.29 is 14.7 Å². The lowest BCUT2D eigenvalue weighted by molar-refractivity contribution is -0.155. The average Bonchev–Trinajstić information content (AvgIpc) is 3.57. The van der Waals surface area contributed by atoms with Gasteiger partial charge in [-0.2, -0.15) is 0 Å². The number of hydrogen-bond acceptors (Lipinski definition) is 4. The first-order valence-corrected chi connectivity index (χ1v) is 10.2. The number of rotatable bonds is 6. The summed E-state index contributed by atoms with van der Waals surface area (Å²) in [6, 6.07) is 11.8. The molecule has 1 N–H and O–H groups in total. The normalized spacial score (nSPS) is 23.4. The number of carbonyl (C=O) groups excluding carboxylic acids is 2. The number of aliphatic hydroxyl groups is 1. The van der Waals surface area contributed by atoms with Crippen LogP contribution in [0.5, 0.6) is 0 Å². The van der Waals surface area contributed by atoms with E-state index in [0.717, 1.165) is 29.5 Å². The molecule has 1 saturated carbocycles. The Balaban J connectivity index is 1.60. The van der Waals surface area contributed by atoms with E-state index in [-0.39, 0.29) is 42.3 Å². The molecule has 4 rings (SSSR count). The molecule has 152 valence electrons. The van der Waals surface area contributed by atoms with Crippen LogP contribution in [0.1, 0.15) is 31.2 Å². The van der Waals surface area contributed by atoms with Crippen molar-refractivity contribution in [1.82, 2.24) is 14.8 Å². The minimum Gasteiger partial charge on any atom is -0.394 e. The first-order valence-electron chi connectivity index (χ1n) is 10.2. The number of benzene rings is 1. The third-order valence-corrected chi connectivity index (χ3v) is 6.20. The van der Waals surface area contributed by atoms with Crippen molar-refractivity contribution in [2.75, 3.05) is 20.2 Å². The van der Waals surface area contributed by atoms with Gasteiger partial charge in [0.15, 0.2) is 0 Å². The van der Waals surface area contributed by atoms with Gasteiger partial charge in [0.05, 0.1) is 18.7 Å². The van der Waals surface area contributed by atoms with Crippen LogP contribution in [0.15, 0.2) is 48.8 Å². The molecular formula is C23H27N3O3. The van der Waals surface area contributed by atoms with Gasteiger partial charge in [-0.3, -0.25) is 14.6 Å². The Morgan fingerprint density at radius 2 is 1.86 bits per heavy atom. The van der Waals surface area contributed by atoms with Crippen LogP contribution in [-0.4, -0.2) is 64.0 Å². The van der Waals surface area contributed by atoms with Crippen molar-refractivity contribution in [1.29, 1.82) is 0 Å². The van der Waals surface area contributed by atoms with Crippen LogP contribution < -0.4 is 0 Å². The van der Waals surface area contributed by atoms with Crippen molar-refractivity contribution in [3.8, 4) is 11.1 Å². The van der Waals surface area contributed by atoms with E-state index in [1.54, 1.807) is 18.1 Å². The fourth-order valence-corrected chi connectivity index (χ4v) is 4.30. The Labute approximate surface area is 171 Å². The first kappa shape index (κ1) is 19.6. The minimum absolute atomic E-state index is 0.00690. The zero-order valence-corrected chi connectivity index (χ0v) is 16.9. The summed E-state index contributed by atoms with van der Waals surface area (Å²) in [4.78, 5) is 32.3. The largest absolute Gasteiger partial charge is 0.394 e. The Morgan fingerprint density at radius 1 is 1.14 bits per heavy atom. The zero-order chi connectivity index (χ0) is 20.5. The van der Waals surface area contributed by atoms with Crippen molar-refractivity contribution in [3.63, 3.8) is 0 Å². The lowest BCUT2D eigenvalue weighted by Gasteiger charge is -2.56. The van der Waals surface area contributed by atoms with E-state index >= 15 is 0 Å². The highest BCUT2D eigenvalue weighted by Crippen LogP contribution is 2.45. The summed E-state index contributed by atoms with van der Waals surface area (Å²) in [7, 11) is 1.76. The molecule has 1 aromatic heterocycles. The number of nitrogens with zero attached hydrogens (tertiary/aromatic N) is 3.